The summed E-state index contributed by atoms with van der Waals surface area (Å²) in [4.78, 5) is 0. The zero-order valence-corrected chi connectivity index (χ0v) is 11.4. The van der Waals surface area contributed by atoms with Crippen LogP contribution in [0.25, 0.3) is 11.1 Å². The summed E-state index contributed by atoms with van der Waals surface area (Å²) in [7, 11) is 0. The molecular formula is C11H5I2N. The van der Waals surface area contributed by atoms with Crippen molar-refractivity contribution in [3.05, 3.63) is 43.0 Å². The van der Waals surface area contributed by atoms with E-state index in [0.717, 1.165) is 23.8 Å². The van der Waals surface area contributed by atoms with Gasteiger partial charge in [0, 0.05) is 7.14 Å². The van der Waals surface area contributed by atoms with Crippen molar-refractivity contribution in [2.75, 3.05) is 0 Å². The maximum atomic E-state index is 9.00. The Kier molecular flexibility index (Phi) is 2.93. The number of rotatable bonds is 0. The van der Waals surface area contributed by atoms with Crippen molar-refractivity contribution in [3.63, 3.8) is 0 Å². The molecule has 0 aromatic rings. The highest BCUT2D eigenvalue weighted by atomic mass is 127. The van der Waals surface area contributed by atoms with Gasteiger partial charge in [-0.1, -0.05) is 30.3 Å². The fourth-order valence-electron chi connectivity index (χ4n) is 1.39. The molecule has 68 valence electrons. The standard InChI is InChI=1S/C11H5I2N/c12-10-7-4-2-1-3-5-8(7)11(13)9(10)6-14/h1-5H. The number of halogens is 2. The van der Waals surface area contributed by atoms with E-state index in [9.17, 15) is 0 Å². The van der Waals surface area contributed by atoms with Crippen molar-refractivity contribution in [1.29, 1.82) is 5.26 Å². The van der Waals surface area contributed by atoms with Crippen LogP contribution in [-0.4, -0.2) is 0 Å². The van der Waals surface area contributed by atoms with E-state index in [4.69, 9.17) is 5.26 Å². The Labute approximate surface area is 110 Å². The van der Waals surface area contributed by atoms with Gasteiger partial charge in [0.1, 0.15) is 6.07 Å². The fraction of sp³-hybridized carbons (Fsp3) is 0. The second-order valence-electron chi connectivity index (χ2n) is 2.85. The summed E-state index contributed by atoms with van der Waals surface area (Å²) in [5.74, 6) is 0. The van der Waals surface area contributed by atoms with E-state index < -0.39 is 0 Å². The van der Waals surface area contributed by atoms with E-state index in [1.807, 2.05) is 18.2 Å². The molecule has 0 fully saturated rings. The van der Waals surface area contributed by atoms with Crippen LogP contribution in [0.3, 0.4) is 0 Å². The highest BCUT2D eigenvalue weighted by Gasteiger charge is 2.18. The van der Waals surface area contributed by atoms with Crippen LogP contribution in [0.15, 0.2) is 30.3 Å². The predicted octanol–water partition coefficient (Wildman–Crippen LogP) is 3.87. The van der Waals surface area contributed by atoms with Crippen LogP contribution >= 0.6 is 45.2 Å². The van der Waals surface area contributed by atoms with Crippen molar-refractivity contribution in [2.45, 2.75) is 0 Å². The summed E-state index contributed by atoms with van der Waals surface area (Å²) in [6, 6.07) is 12.4. The lowest BCUT2D eigenvalue weighted by Crippen LogP contribution is -1.73. The molecule has 0 N–H and O–H groups in total. The molecule has 0 atom stereocenters. The van der Waals surface area contributed by atoms with E-state index in [0.29, 0.717) is 0 Å². The van der Waals surface area contributed by atoms with Crippen LogP contribution in [-0.2, 0) is 0 Å². The summed E-state index contributed by atoms with van der Waals surface area (Å²) >= 11 is 4.47. The fourth-order valence-corrected chi connectivity index (χ4v) is 3.63. The predicted molar refractivity (Wildman–Crippen MR) is 73.2 cm³/mol. The first-order valence-corrected chi connectivity index (χ1v) is 6.17. The van der Waals surface area contributed by atoms with E-state index in [2.05, 4.69) is 63.4 Å². The van der Waals surface area contributed by atoms with Gasteiger partial charge in [-0.05, 0) is 56.3 Å². The number of hydrogen-bond acceptors (Lipinski definition) is 1. The Morgan fingerprint density at radius 3 is 1.86 bits per heavy atom. The van der Waals surface area contributed by atoms with Crippen LogP contribution in [0.1, 0.15) is 5.56 Å². The Hall–Kier alpha value is -0.350. The van der Waals surface area contributed by atoms with Gasteiger partial charge in [-0.15, -0.1) is 0 Å². The van der Waals surface area contributed by atoms with Crippen molar-refractivity contribution in [2.24, 2.45) is 0 Å². The molecule has 3 heteroatoms. The average molecular weight is 405 g/mol. The first kappa shape index (κ1) is 10.2. The minimum absolute atomic E-state index is 0.799. The first-order valence-electron chi connectivity index (χ1n) is 4.01. The van der Waals surface area contributed by atoms with Gasteiger partial charge in [0.15, 0.2) is 0 Å². The summed E-state index contributed by atoms with van der Waals surface area (Å²) in [5.41, 5.74) is 3.13. The Bertz CT molecular complexity index is 463. The molecule has 2 aliphatic rings. The van der Waals surface area contributed by atoms with Gasteiger partial charge in [0.05, 0.1) is 5.56 Å². The SMILES string of the molecule is N#Cc1c(I)c2cccccc-2c1I. The Morgan fingerprint density at radius 2 is 1.43 bits per heavy atom. The van der Waals surface area contributed by atoms with Crippen LogP contribution in [0.5, 0.6) is 0 Å². The molecule has 0 bridgehead atoms. The van der Waals surface area contributed by atoms with Crippen LogP contribution < -0.4 is 0 Å². The van der Waals surface area contributed by atoms with E-state index in [-0.39, 0.29) is 0 Å². The van der Waals surface area contributed by atoms with Crippen molar-refractivity contribution >= 4 is 45.2 Å². The molecule has 0 amide bonds. The molecule has 0 aromatic carbocycles. The molecule has 1 nitrogen and oxygen atoms in total. The maximum Gasteiger partial charge on any atom is 0.101 e. The maximum absolute atomic E-state index is 9.00. The summed E-state index contributed by atoms with van der Waals surface area (Å²) in [6.45, 7) is 0. The molecule has 0 heterocycles. The van der Waals surface area contributed by atoms with Gasteiger partial charge in [0.2, 0.25) is 0 Å². The lowest BCUT2D eigenvalue weighted by Gasteiger charge is -1.91. The van der Waals surface area contributed by atoms with Crippen LogP contribution in [0.4, 0.5) is 0 Å². The van der Waals surface area contributed by atoms with Gasteiger partial charge in [-0.3, -0.25) is 0 Å². The first-order chi connectivity index (χ1) is 6.75. The highest BCUT2D eigenvalue weighted by Crippen LogP contribution is 2.37. The largest absolute Gasteiger partial charge is 0.192 e. The number of hydrogen-bond donors (Lipinski definition) is 0. The molecule has 0 unspecified atom stereocenters. The second-order valence-corrected chi connectivity index (χ2v) is 5.01. The van der Waals surface area contributed by atoms with Crippen molar-refractivity contribution in [1.82, 2.24) is 0 Å². The van der Waals surface area contributed by atoms with E-state index in [1.165, 1.54) is 0 Å². The zero-order chi connectivity index (χ0) is 10.1. The minimum Gasteiger partial charge on any atom is -0.192 e. The average Bonchev–Trinajstić information content (AvgIpc) is 2.39. The third kappa shape index (κ3) is 1.50. The molecule has 2 rings (SSSR count). The third-order valence-electron chi connectivity index (χ3n) is 2.06. The summed E-state index contributed by atoms with van der Waals surface area (Å²) in [6.07, 6.45) is 0. The molecule has 0 aliphatic heterocycles. The zero-order valence-electron chi connectivity index (χ0n) is 7.09. The monoisotopic (exact) mass is 405 g/mol. The highest BCUT2D eigenvalue weighted by molar-refractivity contribution is 14.1. The topological polar surface area (TPSA) is 23.8 Å². The van der Waals surface area contributed by atoms with Crippen LogP contribution in [0.2, 0.25) is 0 Å². The normalized spacial score (nSPS) is 10.1. The van der Waals surface area contributed by atoms with E-state index in [1.54, 1.807) is 0 Å². The van der Waals surface area contributed by atoms with Gasteiger partial charge in [-0.2, -0.15) is 5.26 Å². The third-order valence-corrected chi connectivity index (χ3v) is 4.30. The smallest absolute Gasteiger partial charge is 0.101 e. The lowest BCUT2D eigenvalue weighted by molar-refractivity contribution is 1.49. The van der Waals surface area contributed by atoms with Gasteiger partial charge < -0.3 is 0 Å². The number of nitrogens with zero attached hydrogens (tertiary/aromatic N) is 1. The molecule has 0 radical (unpaired) electrons. The van der Waals surface area contributed by atoms with Crippen molar-refractivity contribution in [3.8, 4) is 17.2 Å². The number of fused-ring (bicyclic) bond motifs is 1. The molecule has 0 spiro atoms. The molecule has 0 aromatic heterocycles. The van der Waals surface area contributed by atoms with Gasteiger partial charge >= 0.3 is 0 Å². The Balaban J connectivity index is 2.89. The quantitative estimate of drug-likeness (QED) is 0.611. The van der Waals surface area contributed by atoms with Gasteiger partial charge in [-0.25, -0.2) is 0 Å². The molecular weight excluding hydrogens is 400 g/mol. The number of nitriles is 1. The van der Waals surface area contributed by atoms with Crippen LogP contribution in [0, 0.1) is 18.5 Å². The molecule has 2 aliphatic carbocycles. The van der Waals surface area contributed by atoms with E-state index >= 15 is 0 Å². The lowest BCUT2D eigenvalue weighted by atomic mass is 10.2. The second kappa shape index (κ2) is 4.03. The Morgan fingerprint density at radius 1 is 0.929 bits per heavy atom. The summed E-state index contributed by atoms with van der Waals surface area (Å²) in [5, 5.41) is 9.00. The van der Waals surface area contributed by atoms with Crippen molar-refractivity contribution < 1.29 is 0 Å². The summed E-state index contributed by atoms with van der Waals surface area (Å²) < 4.78 is 2.11. The molecule has 0 saturated carbocycles. The molecule has 14 heavy (non-hydrogen) atoms. The molecule has 0 saturated heterocycles. The van der Waals surface area contributed by atoms with Gasteiger partial charge in [0.25, 0.3) is 0 Å². The minimum atomic E-state index is 0.799.